The number of aryl methyl sites for hydroxylation is 4. The molecule has 0 unspecified atom stereocenters. The Labute approximate surface area is 577 Å². The van der Waals surface area contributed by atoms with Crippen molar-refractivity contribution in [3.05, 3.63) is 215 Å². The third kappa shape index (κ3) is 14.7. The topological polar surface area (TPSA) is 138 Å². The number of nitrogens with zero attached hydrogens (tertiary/aromatic N) is 9. The van der Waals surface area contributed by atoms with Gasteiger partial charge in [0.1, 0.15) is 0 Å². The molecule has 0 radical (unpaired) electrons. The highest BCUT2D eigenvalue weighted by Crippen LogP contribution is 2.38. The Kier molecular flexibility index (Phi) is 20.1. The second-order valence-electron chi connectivity index (χ2n) is 25.0. The predicted octanol–water partition coefficient (Wildman–Crippen LogP) is 18.9. The van der Waals surface area contributed by atoms with Crippen molar-refractivity contribution in [1.82, 2.24) is 48.1 Å². The fraction of sp³-hybridized carbons (Fsp3) is 0.260. The number of nitrogens with one attached hydrogen (secondary N) is 2. The molecular weight excluding hydrogens is 1330 g/mol. The van der Waals surface area contributed by atoms with Crippen LogP contribution in [0.15, 0.2) is 210 Å². The van der Waals surface area contributed by atoms with Gasteiger partial charge in [-0.1, -0.05) is 67.7 Å². The SMILES string of the molecule is Brc1ccc2[nH]ccc2c1.CCn1ccc2cc(-c3cc(Cl)cc4nccnc34)ccc21.CCn1ccc2cc(-c3cc(NC4CCN(C(C)=O)CC4)cc4nccnc34)ccc21.CCn1ccc2cc(B3OC(C)(C)C(C)(C)O3)ccc21.CCn1ccc2cc(Br)ccc21. The van der Waals surface area contributed by atoms with Gasteiger partial charge in [0.25, 0.3) is 0 Å². The van der Waals surface area contributed by atoms with Crippen molar-refractivity contribution < 1.29 is 14.1 Å². The van der Waals surface area contributed by atoms with Gasteiger partial charge in [-0.05, 0) is 212 Å². The average molecular weight is 1410 g/mol. The van der Waals surface area contributed by atoms with Gasteiger partial charge in [0.15, 0.2) is 0 Å². The molecule has 14 nitrogen and oxygen atoms in total. The summed E-state index contributed by atoms with van der Waals surface area (Å²) in [6.45, 7) is 24.1. The third-order valence-corrected chi connectivity index (χ3v) is 19.7. The van der Waals surface area contributed by atoms with E-state index in [0.29, 0.717) is 11.1 Å². The van der Waals surface area contributed by atoms with Crippen LogP contribution in [0.4, 0.5) is 5.69 Å². The minimum Gasteiger partial charge on any atom is -0.399 e. The smallest absolute Gasteiger partial charge is 0.399 e. The van der Waals surface area contributed by atoms with E-state index in [0.717, 1.165) is 117 Å². The van der Waals surface area contributed by atoms with Crippen molar-refractivity contribution in [2.24, 2.45) is 0 Å². The predicted molar refractivity (Wildman–Crippen MR) is 401 cm³/mol. The van der Waals surface area contributed by atoms with E-state index >= 15 is 0 Å². The molecule has 2 N–H and O–H groups in total. The molecular formula is C77H79BBr2ClN11O3. The number of amides is 1. The van der Waals surface area contributed by atoms with E-state index in [9.17, 15) is 4.79 Å². The molecule has 0 saturated carbocycles. The van der Waals surface area contributed by atoms with Crippen LogP contribution >= 0.6 is 43.5 Å². The Morgan fingerprint density at radius 1 is 0.547 bits per heavy atom. The number of H-pyrrole nitrogens is 1. The molecule has 14 aromatic rings. The molecule has 7 aromatic carbocycles. The molecule has 484 valence electrons. The van der Waals surface area contributed by atoms with E-state index in [1.54, 1.807) is 31.7 Å². The second-order valence-corrected chi connectivity index (χ2v) is 27.3. The zero-order chi connectivity index (χ0) is 66.5. The van der Waals surface area contributed by atoms with E-state index in [-0.39, 0.29) is 24.2 Å². The molecule has 1 amide bonds. The first-order valence-corrected chi connectivity index (χ1v) is 34.6. The third-order valence-electron chi connectivity index (χ3n) is 18.5. The zero-order valence-corrected chi connectivity index (χ0v) is 59.2. The molecule has 2 fully saturated rings. The Bertz CT molecular complexity index is 5030. The molecule has 0 spiro atoms. The minimum absolute atomic E-state index is 0.161. The van der Waals surface area contributed by atoms with Gasteiger partial charge < -0.3 is 42.8 Å². The summed E-state index contributed by atoms with van der Waals surface area (Å²) in [7, 11) is -0.283. The molecule has 18 heteroatoms. The highest BCUT2D eigenvalue weighted by molar-refractivity contribution is 9.10. The van der Waals surface area contributed by atoms with E-state index in [2.05, 4.69) is 288 Å². The maximum atomic E-state index is 11.6. The number of likely N-dealkylation sites (tertiary alicyclic amines) is 1. The second kappa shape index (κ2) is 28.8. The maximum Gasteiger partial charge on any atom is 0.494 e. The van der Waals surface area contributed by atoms with Crippen molar-refractivity contribution in [1.29, 1.82) is 0 Å². The van der Waals surface area contributed by atoms with Crippen molar-refractivity contribution in [3.8, 4) is 22.3 Å². The lowest BCUT2D eigenvalue weighted by molar-refractivity contribution is -0.129. The number of piperidine rings is 1. The lowest BCUT2D eigenvalue weighted by atomic mass is 9.79. The summed E-state index contributed by atoms with van der Waals surface area (Å²) in [5, 5.41) is 10.6. The van der Waals surface area contributed by atoms with E-state index in [1.165, 1.54) is 54.5 Å². The van der Waals surface area contributed by atoms with E-state index in [4.69, 9.17) is 20.9 Å². The highest BCUT2D eigenvalue weighted by atomic mass is 79.9. The Hall–Kier alpha value is -8.58. The van der Waals surface area contributed by atoms with Crippen LogP contribution in [0.25, 0.3) is 98.8 Å². The Morgan fingerprint density at radius 3 is 1.53 bits per heavy atom. The summed E-state index contributed by atoms with van der Waals surface area (Å²) in [6, 6.07) is 51.1. The number of halogens is 3. The standard InChI is InChI=1S/C25H27N5O.C18H14ClN3.C16H22BNO2.C10H10BrN.C8H6BrN/c1-3-29-11-6-19-14-18(4-5-24(19)29)22-15-21(16-23-25(22)27-10-9-26-23)28-20-7-12-30(13-8-20)17(2)31;1-2-22-8-5-13-9-12(3-4-17(13)22)15-10-14(19)11-16-18(15)21-7-6-20-16;1-6-18-10-9-12-11-13(7-8-14(12)18)17-19-15(2,3)16(4,5)20-17;1-2-12-6-5-8-7-9(11)3-4-10(8)12;9-7-1-2-8-6(5-7)3-4-10-8/h4-6,9-11,14-16,20,28H,3,7-8,12-13H2,1-2H3;3-11H,2H2,1H3;7-11H,6H2,1-5H3;3-7H,2H2,1H3;1-5,10H. The normalized spacial score (nSPS) is 14.4. The van der Waals surface area contributed by atoms with Crippen LogP contribution in [0.3, 0.4) is 0 Å². The zero-order valence-electron chi connectivity index (χ0n) is 55.2. The largest absolute Gasteiger partial charge is 0.494 e. The number of hydrogen-bond donors (Lipinski definition) is 2. The number of rotatable bonds is 9. The molecule has 95 heavy (non-hydrogen) atoms. The monoisotopic (exact) mass is 1410 g/mol. The summed E-state index contributed by atoms with van der Waals surface area (Å²) >= 11 is 13.1. The van der Waals surface area contributed by atoms with Crippen LogP contribution in [0.2, 0.25) is 5.02 Å². The fourth-order valence-electron chi connectivity index (χ4n) is 12.6. The van der Waals surface area contributed by atoms with E-state index in [1.807, 2.05) is 29.3 Å². The van der Waals surface area contributed by atoms with Crippen LogP contribution in [-0.4, -0.2) is 91.4 Å². The molecule has 2 saturated heterocycles. The number of fused-ring (bicyclic) bond motifs is 7. The fourth-order valence-corrected chi connectivity index (χ4v) is 13.6. The van der Waals surface area contributed by atoms with Crippen LogP contribution in [-0.2, 0) is 40.3 Å². The Balaban J connectivity index is 0.000000120. The van der Waals surface area contributed by atoms with Gasteiger partial charge in [0, 0.05) is 188 Å². The first kappa shape index (κ1) is 66.4. The lowest BCUT2D eigenvalue weighted by Crippen LogP contribution is -2.41. The summed E-state index contributed by atoms with van der Waals surface area (Å²) in [4.78, 5) is 34.7. The van der Waals surface area contributed by atoms with Gasteiger partial charge in [-0.3, -0.25) is 24.7 Å². The number of carbonyl (C=O) groups is 1. The van der Waals surface area contributed by atoms with Crippen molar-refractivity contribution in [2.45, 2.75) is 119 Å². The molecule has 2 aliphatic heterocycles. The summed E-state index contributed by atoms with van der Waals surface area (Å²) < 4.78 is 23.4. The van der Waals surface area contributed by atoms with Crippen molar-refractivity contribution >= 4 is 144 Å². The van der Waals surface area contributed by atoms with E-state index < -0.39 is 0 Å². The average Bonchev–Trinajstić information content (AvgIpc) is 1.72. The van der Waals surface area contributed by atoms with Gasteiger partial charge in [-0.2, -0.15) is 0 Å². The lowest BCUT2D eigenvalue weighted by Gasteiger charge is -2.32. The number of carbonyl (C=O) groups excluding carboxylic acids is 1. The molecule has 16 rings (SSSR count). The van der Waals surface area contributed by atoms with Gasteiger partial charge in [-0.15, -0.1) is 0 Å². The summed E-state index contributed by atoms with van der Waals surface area (Å²) in [6.07, 6.45) is 19.2. The summed E-state index contributed by atoms with van der Waals surface area (Å²) in [5.41, 5.74) is 15.6. The molecule has 7 aromatic heterocycles. The number of benzene rings is 7. The van der Waals surface area contributed by atoms with Crippen LogP contribution in [0.5, 0.6) is 0 Å². The number of aromatic nitrogens is 9. The van der Waals surface area contributed by atoms with Gasteiger partial charge >= 0.3 is 7.12 Å². The van der Waals surface area contributed by atoms with Gasteiger partial charge in [0.2, 0.25) is 5.91 Å². The molecule has 0 aliphatic carbocycles. The van der Waals surface area contributed by atoms with Gasteiger partial charge in [-0.25, -0.2) is 0 Å². The summed E-state index contributed by atoms with van der Waals surface area (Å²) in [5.74, 6) is 0.161. The van der Waals surface area contributed by atoms with Crippen LogP contribution in [0.1, 0.15) is 75.2 Å². The highest BCUT2D eigenvalue weighted by Gasteiger charge is 2.51. The van der Waals surface area contributed by atoms with Crippen molar-refractivity contribution in [2.75, 3.05) is 18.4 Å². The van der Waals surface area contributed by atoms with Crippen molar-refractivity contribution in [3.63, 3.8) is 0 Å². The first-order chi connectivity index (χ1) is 45.9. The van der Waals surface area contributed by atoms with Crippen LogP contribution < -0.4 is 10.8 Å². The quantitative estimate of drug-likeness (QED) is 0.136. The molecule has 0 atom stereocenters. The molecule has 0 bridgehead atoms. The number of anilines is 1. The molecule has 9 heterocycles. The number of aromatic amines is 1. The van der Waals surface area contributed by atoms with Crippen LogP contribution in [0, 0.1) is 0 Å². The maximum absolute atomic E-state index is 11.6. The Morgan fingerprint density at radius 2 is 1.00 bits per heavy atom. The first-order valence-electron chi connectivity index (χ1n) is 32.7. The van der Waals surface area contributed by atoms with Gasteiger partial charge in [0.05, 0.1) is 33.3 Å². The minimum atomic E-state index is -0.290. The number of hydrogen-bond acceptors (Lipinski definition) is 8. The molecule has 2 aliphatic rings.